The quantitative estimate of drug-likeness (QED) is 0.325. The number of aliphatic carboxylic acids is 1. The van der Waals surface area contributed by atoms with Crippen LogP contribution in [0.25, 0.3) is 0 Å². The van der Waals surface area contributed by atoms with Crippen molar-refractivity contribution in [2.45, 2.75) is 56.0 Å². The Balaban J connectivity index is 2.29. The second kappa shape index (κ2) is 4.89. The third-order valence-corrected chi connectivity index (χ3v) is 4.15. The molecule has 0 radical (unpaired) electrons. The molecule has 7 atom stereocenters. The summed E-state index contributed by atoms with van der Waals surface area (Å²) in [6.07, 6.45) is -4.50. The molecule has 120 valence electrons. The van der Waals surface area contributed by atoms with Crippen molar-refractivity contribution in [1.29, 1.82) is 0 Å². The third-order valence-electron chi connectivity index (χ3n) is 4.15. The molecular weight excluding hydrogens is 286 g/mol. The molecule has 0 aromatic rings. The molecule has 0 aromatic carbocycles. The van der Waals surface area contributed by atoms with Crippen LogP contribution < -0.4 is 5.32 Å². The number of aliphatic hydroxyl groups is 4. The summed E-state index contributed by atoms with van der Waals surface area (Å²) in [5.41, 5.74) is -1.54. The second-order valence-corrected chi connectivity index (χ2v) is 5.87. The molecule has 0 spiro atoms. The molecule has 2 fully saturated rings. The number of carbonyl (C=O) groups excluding carboxylic acids is 1. The van der Waals surface area contributed by atoms with Crippen LogP contribution in [0.3, 0.4) is 0 Å². The largest absolute Gasteiger partial charge is 0.477 e. The number of nitrogens with one attached hydrogen (secondary N) is 1. The van der Waals surface area contributed by atoms with E-state index in [4.69, 9.17) is 9.84 Å². The monoisotopic (exact) mass is 305 g/mol. The van der Waals surface area contributed by atoms with E-state index in [1.165, 1.54) is 13.8 Å². The van der Waals surface area contributed by atoms with Gasteiger partial charge in [-0.15, -0.1) is 0 Å². The molecule has 2 aliphatic rings. The van der Waals surface area contributed by atoms with Gasteiger partial charge in [-0.05, 0) is 6.92 Å². The molecule has 2 rings (SSSR count). The number of carboxylic acid groups (broad SMARTS) is 1. The van der Waals surface area contributed by atoms with Gasteiger partial charge in [0, 0.05) is 19.3 Å². The summed E-state index contributed by atoms with van der Waals surface area (Å²) >= 11 is 0. The van der Waals surface area contributed by atoms with Gasteiger partial charge in [-0.3, -0.25) is 4.79 Å². The molecular formula is C12H19NO8. The highest BCUT2D eigenvalue weighted by Crippen LogP contribution is 2.50. The van der Waals surface area contributed by atoms with E-state index in [2.05, 4.69) is 5.32 Å². The summed E-state index contributed by atoms with van der Waals surface area (Å²) in [6, 6.07) is -1.05. The number of aliphatic hydroxyl groups excluding tert-OH is 2. The van der Waals surface area contributed by atoms with Crippen LogP contribution in [0.15, 0.2) is 0 Å². The molecule has 1 saturated heterocycles. The van der Waals surface area contributed by atoms with Gasteiger partial charge in [0.1, 0.15) is 0 Å². The fraction of sp³-hybridized carbons (Fsp3) is 0.833. The molecule has 1 amide bonds. The maximum atomic E-state index is 11.2. The molecule has 1 heterocycles. The Morgan fingerprint density at radius 1 is 1.29 bits per heavy atom. The van der Waals surface area contributed by atoms with E-state index in [0.29, 0.717) is 0 Å². The summed E-state index contributed by atoms with van der Waals surface area (Å²) in [4.78, 5) is 22.3. The average Bonchev–Trinajstić information content (AvgIpc) is 2.81. The molecule has 3 unspecified atom stereocenters. The van der Waals surface area contributed by atoms with Gasteiger partial charge >= 0.3 is 5.97 Å². The zero-order chi connectivity index (χ0) is 16.2. The topological polar surface area (TPSA) is 157 Å². The Morgan fingerprint density at radius 2 is 1.81 bits per heavy atom. The van der Waals surface area contributed by atoms with Crippen molar-refractivity contribution < 1.29 is 39.9 Å². The number of carboxylic acids is 1. The van der Waals surface area contributed by atoms with Gasteiger partial charge in [-0.25, -0.2) is 4.79 Å². The zero-order valence-electron chi connectivity index (χ0n) is 11.6. The van der Waals surface area contributed by atoms with E-state index >= 15 is 0 Å². The SMILES string of the molecule is CC(=O)N[C@@H]1C(O)C[C@](O)(C(=O)O)OC1[C@H]1[C@H](O)C1(C)O. The number of hydrogen-bond donors (Lipinski definition) is 6. The fourth-order valence-electron chi connectivity index (χ4n) is 2.84. The molecule has 6 N–H and O–H groups in total. The minimum atomic E-state index is -2.64. The maximum absolute atomic E-state index is 11.2. The van der Waals surface area contributed by atoms with Gasteiger partial charge in [-0.2, -0.15) is 0 Å². The van der Waals surface area contributed by atoms with Crippen molar-refractivity contribution in [3.05, 3.63) is 0 Å². The zero-order valence-corrected chi connectivity index (χ0v) is 11.6. The van der Waals surface area contributed by atoms with Gasteiger partial charge in [0.25, 0.3) is 5.79 Å². The lowest BCUT2D eigenvalue weighted by atomic mass is 9.89. The van der Waals surface area contributed by atoms with E-state index in [9.17, 15) is 30.0 Å². The van der Waals surface area contributed by atoms with Crippen molar-refractivity contribution in [2.24, 2.45) is 5.92 Å². The predicted octanol–water partition coefficient (Wildman–Crippen LogP) is -2.84. The Morgan fingerprint density at radius 3 is 2.19 bits per heavy atom. The number of rotatable bonds is 3. The first-order valence-electron chi connectivity index (χ1n) is 6.50. The summed E-state index contributed by atoms with van der Waals surface area (Å²) in [5, 5.41) is 50.9. The molecule has 1 saturated carbocycles. The molecule has 0 bridgehead atoms. The molecule has 1 aliphatic carbocycles. The van der Waals surface area contributed by atoms with Crippen LogP contribution >= 0.6 is 0 Å². The number of hydrogen-bond acceptors (Lipinski definition) is 7. The van der Waals surface area contributed by atoms with Gasteiger partial charge in [-0.1, -0.05) is 0 Å². The second-order valence-electron chi connectivity index (χ2n) is 5.87. The number of carbonyl (C=O) groups is 2. The fourth-order valence-corrected chi connectivity index (χ4v) is 2.84. The highest BCUT2D eigenvalue weighted by atomic mass is 16.7. The van der Waals surface area contributed by atoms with E-state index in [-0.39, 0.29) is 0 Å². The highest BCUT2D eigenvalue weighted by Gasteiger charge is 2.68. The molecule has 21 heavy (non-hydrogen) atoms. The minimum Gasteiger partial charge on any atom is -0.477 e. The Bertz CT molecular complexity index is 466. The first-order chi connectivity index (χ1) is 9.50. The number of amides is 1. The molecule has 1 aliphatic heterocycles. The van der Waals surface area contributed by atoms with Crippen LogP contribution in [0.5, 0.6) is 0 Å². The van der Waals surface area contributed by atoms with Crippen molar-refractivity contribution in [2.75, 3.05) is 0 Å². The van der Waals surface area contributed by atoms with Crippen LogP contribution in [0.2, 0.25) is 0 Å². The minimum absolute atomic E-state index is 0.497. The van der Waals surface area contributed by atoms with E-state index < -0.39 is 60.0 Å². The lowest BCUT2D eigenvalue weighted by Gasteiger charge is -2.42. The smallest absolute Gasteiger partial charge is 0.364 e. The first-order valence-corrected chi connectivity index (χ1v) is 6.50. The van der Waals surface area contributed by atoms with E-state index in [1.807, 2.05) is 0 Å². The van der Waals surface area contributed by atoms with Crippen LogP contribution in [-0.4, -0.2) is 73.2 Å². The van der Waals surface area contributed by atoms with Gasteiger partial charge in [0.15, 0.2) is 0 Å². The average molecular weight is 305 g/mol. The predicted molar refractivity (Wildman–Crippen MR) is 65.8 cm³/mol. The van der Waals surface area contributed by atoms with Crippen molar-refractivity contribution in [3.63, 3.8) is 0 Å². The third kappa shape index (κ3) is 2.62. The van der Waals surface area contributed by atoms with Crippen molar-refractivity contribution in [1.82, 2.24) is 5.32 Å². The van der Waals surface area contributed by atoms with E-state index in [1.54, 1.807) is 0 Å². The van der Waals surface area contributed by atoms with Crippen molar-refractivity contribution in [3.8, 4) is 0 Å². The summed E-state index contributed by atoms with van der Waals surface area (Å²) in [7, 11) is 0. The first kappa shape index (κ1) is 16.1. The maximum Gasteiger partial charge on any atom is 0.364 e. The molecule has 9 heteroatoms. The Hall–Kier alpha value is -1.26. The molecule has 9 nitrogen and oxygen atoms in total. The normalized spacial score (nSPS) is 49.5. The Labute approximate surface area is 120 Å². The van der Waals surface area contributed by atoms with Gasteiger partial charge in [0.2, 0.25) is 5.91 Å². The summed E-state index contributed by atoms with van der Waals surface area (Å²) in [5.74, 6) is -5.77. The van der Waals surface area contributed by atoms with E-state index in [0.717, 1.165) is 0 Å². The standard InChI is InChI=1S/C12H19NO8/c1-4(14)13-7-5(15)3-12(20,10(17)18)21-8(7)6-9(16)11(6,2)19/h5-9,15-16,19-20H,3H2,1-2H3,(H,13,14)(H,17,18)/t5?,6-,7+,8?,9-,11?,12+/m0/s1. The number of ether oxygens (including phenoxy) is 1. The lowest BCUT2D eigenvalue weighted by molar-refractivity contribution is -0.282. The van der Waals surface area contributed by atoms with Crippen LogP contribution in [0, 0.1) is 5.92 Å². The van der Waals surface area contributed by atoms with Crippen LogP contribution in [0.1, 0.15) is 20.3 Å². The summed E-state index contributed by atoms with van der Waals surface area (Å²) < 4.78 is 5.11. The van der Waals surface area contributed by atoms with Gasteiger partial charge in [0.05, 0.1) is 30.0 Å². The van der Waals surface area contributed by atoms with Gasteiger partial charge < -0.3 is 35.6 Å². The highest BCUT2D eigenvalue weighted by molar-refractivity contribution is 5.76. The van der Waals surface area contributed by atoms with Crippen molar-refractivity contribution >= 4 is 11.9 Å². The lowest BCUT2D eigenvalue weighted by Crippen LogP contribution is -2.64. The Kier molecular flexibility index (Phi) is 3.75. The van der Waals surface area contributed by atoms with Crippen LogP contribution in [0.4, 0.5) is 0 Å². The van der Waals surface area contributed by atoms with Crippen LogP contribution in [-0.2, 0) is 14.3 Å². The summed E-state index contributed by atoms with van der Waals surface area (Å²) in [6.45, 7) is 2.51. The molecule has 0 aromatic heterocycles.